The van der Waals surface area contributed by atoms with Crippen molar-refractivity contribution in [3.8, 4) is 0 Å². The predicted octanol–water partition coefficient (Wildman–Crippen LogP) is 1.97. The van der Waals surface area contributed by atoms with Gasteiger partial charge in [0, 0.05) is 30.8 Å². The Morgan fingerprint density at radius 1 is 1.30 bits per heavy atom. The summed E-state index contributed by atoms with van der Waals surface area (Å²) in [6.07, 6.45) is 0. The zero-order chi connectivity index (χ0) is 15.3. The number of carboxylic acid groups (broad SMARTS) is 1. The molecule has 1 aromatic carbocycles. The second-order valence-electron chi connectivity index (χ2n) is 5.01. The molecule has 0 aliphatic rings. The number of hydrogen-bond donors (Lipinski definition) is 1. The van der Waals surface area contributed by atoms with Gasteiger partial charge in [-0.3, -0.25) is 9.69 Å². The number of halogens is 2. The second kappa shape index (κ2) is 7.31. The summed E-state index contributed by atoms with van der Waals surface area (Å²) >= 11 is 0. The maximum Gasteiger partial charge on any atom is 0.317 e. The minimum atomic E-state index is -0.974. The standard InChI is InChI=1S/C14H20F2N2O2/c1-10(12-5-4-11(15)8-13(12)16)18(9-14(19)20)7-6-17(2)3/h4-5,8,10H,6-7,9H2,1-3H3,(H,19,20). The molecule has 0 fully saturated rings. The zero-order valence-electron chi connectivity index (χ0n) is 11.9. The number of nitrogens with zero attached hydrogens (tertiary/aromatic N) is 2. The molecule has 0 saturated heterocycles. The summed E-state index contributed by atoms with van der Waals surface area (Å²) in [6, 6.07) is 2.92. The van der Waals surface area contributed by atoms with Gasteiger partial charge in [0.25, 0.3) is 0 Å². The molecule has 1 atom stereocenters. The Morgan fingerprint density at radius 2 is 1.95 bits per heavy atom. The van der Waals surface area contributed by atoms with Crippen LogP contribution in [0.25, 0.3) is 0 Å². The average molecular weight is 286 g/mol. The topological polar surface area (TPSA) is 43.8 Å². The van der Waals surface area contributed by atoms with Gasteiger partial charge in [0.2, 0.25) is 0 Å². The molecular formula is C14H20F2N2O2. The minimum Gasteiger partial charge on any atom is -0.480 e. The normalized spacial score (nSPS) is 12.9. The van der Waals surface area contributed by atoms with E-state index < -0.39 is 23.6 Å². The van der Waals surface area contributed by atoms with E-state index >= 15 is 0 Å². The number of aliphatic carboxylic acids is 1. The van der Waals surface area contributed by atoms with Gasteiger partial charge >= 0.3 is 5.97 Å². The molecule has 0 aromatic heterocycles. The lowest BCUT2D eigenvalue weighted by molar-refractivity contribution is -0.139. The van der Waals surface area contributed by atoms with Crippen LogP contribution < -0.4 is 0 Å². The van der Waals surface area contributed by atoms with Crippen LogP contribution in [0.5, 0.6) is 0 Å². The number of hydrogen-bond acceptors (Lipinski definition) is 3. The number of rotatable bonds is 7. The van der Waals surface area contributed by atoms with Gasteiger partial charge in [-0.25, -0.2) is 8.78 Å². The summed E-state index contributed by atoms with van der Waals surface area (Å²) in [5.41, 5.74) is 0.298. The summed E-state index contributed by atoms with van der Waals surface area (Å²) in [7, 11) is 3.75. The SMILES string of the molecule is CC(c1ccc(F)cc1F)N(CCN(C)C)CC(=O)O. The highest BCUT2D eigenvalue weighted by Crippen LogP contribution is 2.23. The lowest BCUT2D eigenvalue weighted by Crippen LogP contribution is -2.37. The van der Waals surface area contributed by atoms with E-state index in [0.29, 0.717) is 18.7 Å². The van der Waals surface area contributed by atoms with Crippen LogP contribution in [0.15, 0.2) is 18.2 Å². The van der Waals surface area contributed by atoms with Crippen LogP contribution in [0.4, 0.5) is 8.78 Å². The first-order valence-corrected chi connectivity index (χ1v) is 6.36. The molecule has 20 heavy (non-hydrogen) atoms. The van der Waals surface area contributed by atoms with Crippen LogP contribution in [-0.4, -0.2) is 54.6 Å². The highest BCUT2D eigenvalue weighted by molar-refractivity contribution is 5.69. The Balaban J connectivity index is 2.90. The molecule has 0 aliphatic heterocycles. The molecule has 1 rings (SSSR count). The Hall–Kier alpha value is -1.53. The van der Waals surface area contributed by atoms with Crippen LogP contribution in [0.3, 0.4) is 0 Å². The largest absolute Gasteiger partial charge is 0.480 e. The van der Waals surface area contributed by atoms with E-state index in [4.69, 9.17) is 5.11 Å². The number of benzene rings is 1. The van der Waals surface area contributed by atoms with Gasteiger partial charge in [0.15, 0.2) is 0 Å². The van der Waals surface area contributed by atoms with Gasteiger partial charge in [-0.15, -0.1) is 0 Å². The van der Waals surface area contributed by atoms with E-state index in [1.54, 1.807) is 11.8 Å². The van der Waals surface area contributed by atoms with Gasteiger partial charge in [0.05, 0.1) is 6.54 Å². The first-order chi connectivity index (χ1) is 9.31. The molecule has 1 aromatic rings. The fourth-order valence-corrected chi connectivity index (χ4v) is 1.95. The molecule has 0 amide bonds. The quantitative estimate of drug-likeness (QED) is 0.832. The third-order valence-corrected chi connectivity index (χ3v) is 3.13. The summed E-state index contributed by atoms with van der Waals surface area (Å²) in [4.78, 5) is 14.5. The lowest BCUT2D eigenvalue weighted by atomic mass is 10.1. The first-order valence-electron chi connectivity index (χ1n) is 6.36. The molecule has 6 heteroatoms. The second-order valence-corrected chi connectivity index (χ2v) is 5.01. The number of likely N-dealkylation sites (N-methyl/N-ethyl adjacent to an activating group) is 1. The van der Waals surface area contributed by atoms with Gasteiger partial charge in [-0.2, -0.15) is 0 Å². The highest BCUT2D eigenvalue weighted by Gasteiger charge is 2.21. The summed E-state index contributed by atoms with van der Waals surface area (Å²) in [5.74, 6) is -2.27. The smallest absolute Gasteiger partial charge is 0.317 e. The van der Waals surface area contributed by atoms with E-state index in [1.165, 1.54) is 12.1 Å². The van der Waals surface area contributed by atoms with E-state index in [2.05, 4.69) is 0 Å². The van der Waals surface area contributed by atoms with Crippen molar-refractivity contribution in [3.63, 3.8) is 0 Å². The van der Waals surface area contributed by atoms with Crippen LogP contribution in [-0.2, 0) is 4.79 Å². The Kier molecular flexibility index (Phi) is 6.04. The summed E-state index contributed by atoms with van der Waals surface area (Å²) < 4.78 is 26.7. The molecule has 0 radical (unpaired) electrons. The molecular weight excluding hydrogens is 266 g/mol. The van der Waals surface area contributed by atoms with E-state index in [0.717, 1.165) is 6.07 Å². The van der Waals surface area contributed by atoms with Crippen molar-refractivity contribution in [2.24, 2.45) is 0 Å². The average Bonchev–Trinajstić information content (AvgIpc) is 2.33. The van der Waals surface area contributed by atoms with E-state index in [-0.39, 0.29) is 6.54 Å². The van der Waals surface area contributed by atoms with Crippen molar-refractivity contribution in [1.82, 2.24) is 9.80 Å². The van der Waals surface area contributed by atoms with Crippen molar-refractivity contribution < 1.29 is 18.7 Å². The molecule has 0 aliphatic carbocycles. The molecule has 0 spiro atoms. The summed E-state index contributed by atoms with van der Waals surface area (Å²) in [6.45, 7) is 2.67. The molecule has 1 N–H and O–H groups in total. The van der Waals surface area contributed by atoms with Crippen molar-refractivity contribution in [2.75, 3.05) is 33.7 Å². The predicted molar refractivity (Wildman–Crippen MR) is 72.5 cm³/mol. The van der Waals surface area contributed by atoms with Crippen molar-refractivity contribution in [3.05, 3.63) is 35.4 Å². The molecule has 112 valence electrons. The fourth-order valence-electron chi connectivity index (χ4n) is 1.95. The zero-order valence-corrected chi connectivity index (χ0v) is 11.9. The van der Waals surface area contributed by atoms with Crippen LogP contribution in [0.2, 0.25) is 0 Å². The number of carbonyl (C=O) groups is 1. The van der Waals surface area contributed by atoms with Crippen molar-refractivity contribution in [1.29, 1.82) is 0 Å². The molecule has 4 nitrogen and oxygen atoms in total. The molecule has 1 unspecified atom stereocenters. The van der Waals surface area contributed by atoms with Crippen LogP contribution in [0, 0.1) is 11.6 Å². The first kappa shape index (κ1) is 16.5. The van der Waals surface area contributed by atoms with E-state index in [1.807, 2.05) is 19.0 Å². The third-order valence-electron chi connectivity index (χ3n) is 3.13. The monoisotopic (exact) mass is 286 g/mol. The van der Waals surface area contributed by atoms with E-state index in [9.17, 15) is 13.6 Å². The van der Waals surface area contributed by atoms with Gasteiger partial charge in [-0.1, -0.05) is 6.07 Å². The number of carboxylic acids is 1. The Bertz CT molecular complexity index is 466. The van der Waals surface area contributed by atoms with Gasteiger partial charge in [-0.05, 0) is 27.1 Å². The summed E-state index contributed by atoms with van der Waals surface area (Å²) in [5, 5.41) is 8.95. The fraction of sp³-hybridized carbons (Fsp3) is 0.500. The minimum absolute atomic E-state index is 0.189. The lowest BCUT2D eigenvalue weighted by Gasteiger charge is -2.29. The van der Waals surface area contributed by atoms with Crippen molar-refractivity contribution >= 4 is 5.97 Å². The molecule has 0 saturated carbocycles. The van der Waals surface area contributed by atoms with Crippen LogP contribution >= 0.6 is 0 Å². The maximum atomic E-state index is 13.8. The van der Waals surface area contributed by atoms with Crippen molar-refractivity contribution in [2.45, 2.75) is 13.0 Å². The van der Waals surface area contributed by atoms with Gasteiger partial charge in [0.1, 0.15) is 11.6 Å². The van der Waals surface area contributed by atoms with Crippen LogP contribution in [0.1, 0.15) is 18.5 Å². The Morgan fingerprint density at radius 3 is 2.45 bits per heavy atom. The molecule has 0 heterocycles. The highest BCUT2D eigenvalue weighted by atomic mass is 19.1. The Labute approximate surface area is 117 Å². The van der Waals surface area contributed by atoms with Gasteiger partial charge < -0.3 is 10.0 Å². The maximum absolute atomic E-state index is 13.8. The molecule has 0 bridgehead atoms. The third kappa shape index (κ3) is 4.86.